The smallest absolute Gasteiger partial charge is 0.221 e. The maximum Gasteiger partial charge on any atom is 0.221 e. The van der Waals surface area contributed by atoms with Crippen LogP contribution in [-0.4, -0.2) is 45.6 Å². The normalized spacial score (nSPS) is 19.2. The van der Waals surface area contributed by atoms with Gasteiger partial charge in [-0.2, -0.15) is 0 Å². The quantitative estimate of drug-likeness (QED) is 0.757. The topological polar surface area (TPSA) is 72.5 Å². The van der Waals surface area contributed by atoms with Crippen molar-refractivity contribution in [2.75, 3.05) is 25.7 Å². The predicted octanol–water partition coefficient (Wildman–Crippen LogP) is 0.497. The highest BCUT2D eigenvalue weighted by Gasteiger charge is 2.35. The summed E-state index contributed by atoms with van der Waals surface area (Å²) in [6.45, 7) is 0.498. The van der Waals surface area contributed by atoms with Crippen molar-refractivity contribution in [3.05, 3.63) is 0 Å². The van der Waals surface area contributed by atoms with Crippen LogP contribution in [0, 0.1) is 0 Å². The average Bonchev–Trinajstić information content (AvgIpc) is 2.63. The molecule has 0 unspecified atom stereocenters. The molecular formula is C11H21NO4S. The zero-order valence-corrected chi connectivity index (χ0v) is 11.3. The van der Waals surface area contributed by atoms with E-state index in [9.17, 15) is 13.2 Å². The first-order valence-electron chi connectivity index (χ1n) is 5.85. The lowest BCUT2D eigenvalue weighted by atomic mass is 9.98. The molecule has 0 aromatic heterocycles. The second-order valence-electron chi connectivity index (χ2n) is 4.85. The molecule has 0 heterocycles. The van der Waals surface area contributed by atoms with Crippen LogP contribution in [0.25, 0.3) is 0 Å². The predicted molar refractivity (Wildman–Crippen MR) is 65.5 cm³/mol. The fourth-order valence-electron chi connectivity index (χ4n) is 2.27. The number of sulfone groups is 1. The third-order valence-corrected chi connectivity index (χ3v) is 4.03. The van der Waals surface area contributed by atoms with Crippen LogP contribution in [0.2, 0.25) is 0 Å². The van der Waals surface area contributed by atoms with Gasteiger partial charge in [-0.25, -0.2) is 8.42 Å². The Bertz CT molecular complexity index is 358. The van der Waals surface area contributed by atoms with Crippen LogP contribution in [0.4, 0.5) is 0 Å². The number of amides is 1. The van der Waals surface area contributed by atoms with E-state index >= 15 is 0 Å². The third-order valence-electron chi connectivity index (χ3n) is 3.09. The summed E-state index contributed by atoms with van der Waals surface area (Å²) >= 11 is 0. The van der Waals surface area contributed by atoms with E-state index in [4.69, 9.17) is 4.74 Å². The molecular weight excluding hydrogens is 242 g/mol. The number of rotatable bonds is 6. The fraction of sp³-hybridized carbons (Fsp3) is 0.909. The van der Waals surface area contributed by atoms with E-state index in [0.717, 1.165) is 31.9 Å². The largest absolute Gasteiger partial charge is 0.382 e. The van der Waals surface area contributed by atoms with Gasteiger partial charge in [-0.05, 0) is 12.8 Å². The molecule has 1 saturated carbocycles. The van der Waals surface area contributed by atoms with Crippen LogP contribution in [0.5, 0.6) is 0 Å². The summed E-state index contributed by atoms with van der Waals surface area (Å²) in [7, 11) is -1.46. The molecule has 0 atom stereocenters. The first kappa shape index (κ1) is 14.4. The Balaban J connectivity index is 2.47. The fourth-order valence-corrected chi connectivity index (χ4v) is 2.83. The lowest BCUT2D eigenvalue weighted by Gasteiger charge is -2.29. The van der Waals surface area contributed by atoms with Crippen molar-refractivity contribution in [1.82, 2.24) is 5.32 Å². The van der Waals surface area contributed by atoms with Crippen molar-refractivity contribution < 1.29 is 17.9 Å². The van der Waals surface area contributed by atoms with Gasteiger partial charge in [0.05, 0.1) is 17.9 Å². The maximum atomic E-state index is 11.7. The molecule has 1 N–H and O–H groups in total. The van der Waals surface area contributed by atoms with E-state index in [0.29, 0.717) is 6.61 Å². The van der Waals surface area contributed by atoms with E-state index in [1.54, 1.807) is 7.11 Å². The van der Waals surface area contributed by atoms with Gasteiger partial charge in [0.2, 0.25) is 5.91 Å². The van der Waals surface area contributed by atoms with Crippen LogP contribution in [0.15, 0.2) is 0 Å². The molecule has 0 aromatic rings. The summed E-state index contributed by atoms with van der Waals surface area (Å²) in [5.41, 5.74) is -0.274. The molecule has 0 aromatic carbocycles. The summed E-state index contributed by atoms with van der Waals surface area (Å²) in [5, 5.41) is 2.94. The number of hydrogen-bond acceptors (Lipinski definition) is 4. The zero-order valence-electron chi connectivity index (χ0n) is 10.5. The Labute approximate surface area is 103 Å². The van der Waals surface area contributed by atoms with Gasteiger partial charge >= 0.3 is 0 Å². The Morgan fingerprint density at radius 2 is 1.94 bits per heavy atom. The Morgan fingerprint density at radius 3 is 2.41 bits per heavy atom. The van der Waals surface area contributed by atoms with Gasteiger partial charge in [0.15, 0.2) is 0 Å². The van der Waals surface area contributed by atoms with Crippen LogP contribution in [0.3, 0.4) is 0 Å². The first-order chi connectivity index (χ1) is 7.87. The monoisotopic (exact) mass is 263 g/mol. The van der Waals surface area contributed by atoms with Gasteiger partial charge in [-0.1, -0.05) is 12.8 Å². The highest BCUT2D eigenvalue weighted by atomic mass is 32.2. The van der Waals surface area contributed by atoms with Gasteiger partial charge in [0, 0.05) is 19.8 Å². The van der Waals surface area contributed by atoms with E-state index in [1.807, 2.05) is 0 Å². The molecule has 17 heavy (non-hydrogen) atoms. The van der Waals surface area contributed by atoms with Crippen molar-refractivity contribution in [1.29, 1.82) is 0 Å². The molecule has 1 aliphatic rings. The summed E-state index contributed by atoms with van der Waals surface area (Å²) in [6.07, 6.45) is 5.15. The number of carbonyl (C=O) groups is 1. The molecule has 6 heteroatoms. The van der Waals surface area contributed by atoms with Gasteiger partial charge in [0.1, 0.15) is 9.84 Å². The van der Waals surface area contributed by atoms with Crippen LogP contribution in [-0.2, 0) is 19.4 Å². The summed E-state index contributed by atoms with van der Waals surface area (Å²) in [4.78, 5) is 11.7. The molecule has 1 amide bonds. The number of ether oxygens (including phenoxy) is 1. The Hall–Kier alpha value is -0.620. The standard InChI is InChI=1S/C11H21NO4S/c1-16-9-11(6-3-4-7-11)12-10(13)5-8-17(2,14)15/h3-9H2,1-2H3,(H,12,13). The molecule has 1 rings (SSSR count). The number of methoxy groups -OCH3 is 1. The number of hydrogen-bond donors (Lipinski definition) is 1. The highest BCUT2D eigenvalue weighted by molar-refractivity contribution is 7.90. The van der Waals surface area contributed by atoms with Crippen molar-refractivity contribution in [2.45, 2.75) is 37.6 Å². The molecule has 100 valence electrons. The average molecular weight is 263 g/mol. The summed E-state index contributed by atoms with van der Waals surface area (Å²) < 4.78 is 27.1. The van der Waals surface area contributed by atoms with Crippen molar-refractivity contribution >= 4 is 15.7 Å². The molecule has 1 aliphatic carbocycles. The zero-order chi connectivity index (χ0) is 12.9. The van der Waals surface area contributed by atoms with Crippen molar-refractivity contribution in [3.63, 3.8) is 0 Å². The van der Waals surface area contributed by atoms with Crippen LogP contribution >= 0.6 is 0 Å². The minimum absolute atomic E-state index is 0.0320. The molecule has 1 fully saturated rings. The van der Waals surface area contributed by atoms with Crippen molar-refractivity contribution in [3.8, 4) is 0 Å². The molecule has 0 saturated heterocycles. The van der Waals surface area contributed by atoms with E-state index in [1.165, 1.54) is 0 Å². The summed E-state index contributed by atoms with van der Waals surface area (Å²) in [5.74, 6) is -0.295. The van der Waals surface area contributed by atoms with Crippen molar-refractivity contribution in [2.24, 2.45) is 0 Å². The van der Waals surface area contributed by atoms with E-state index in [-0.39, 0.29) is 23.6 Å². The first-order valence-corrected chi connectivity index (χ1v) is 7.91. The second-order valence-corrected chi connectivity index (χ2v) is 7.11. The lowest BCUT2D eigenvalue weighted by Crippen LogP contribution is -2.50. The van der Waals surface area contributed by atoms with Gasteiger partial charge < -0.3 is 10.1 Å². The number of carbonyl (C=O) groups excluding carboxylic acids is 1. The SMILES string of the molecule is COCC1(NC(=O)CCS(C)(=O)=O)CCCC1. The molecule has 0 aliphatic heterocycles. The van der Waals surface area contributed by atoms with E-state index < -0.39 is 9.84 Å². The lowest BCUT2D eigenvalue weighted by molar-refractivity contribution is -0.123. The Morgan fingerprint density at radius 1 is 1.35 bits per heavy atom. The highest BCUT2D eigenvalue weighted by Crippen LogP contribution is 2.29. The third kappa shape index (κ3) is 5.04. The molecule has 5 nitrogen and oxygen atoms in total. The molecule has 0 spiro atoms. The van der Waals surface area contributed by atoms with Gasteiger partial charge in [-0.15, -0.1) is 0 Å². The van der Waals surface area contributed by atoms with Gasteiger partial charge in [-0.3, -0.25) is 4.79 Å². The molecule has 0 radical (unpaired) electrons. The van der Waals surface area contributed by atoms with Crippen LogP contribution in [0.1, 0.15) is 32.1 Å². The Kier molecular flexibility index (Phi) is 4.94. The number of nitrogens with one attached hydrogen (secondary N) is 1. The summed E-state index contributed by atoms with van der Waals surface area (Å²) in [6, 6.07) is 0. The maximum absolute atomic E-state index is 11.7. The minimum atomic E-state index is -3.08. The van der Waals surface area contributed by atoms with Crippen LogP contribution < -0.4 is 5.32 Å². The van der Waals surface area contributed by atoms with E-state index in [2.05, 4.69) is 5.32 Å². The minimum Gasteiger partial charge on any atom is -0.382 e. The molecule has 0 bridgehead atoms. The van der Waals surface area contributed by atoms with Gasteiger partial charge in [0.25, 0.3) is 0 Å². The second kappa shape index (κ2) is 5.82.